The molecule has 0 aliphatic heterocycles. The zero-order chi connectivity index (χ0) is 14.6. The highest BCUT2D eigenvalue weighted by Gasteiger charge is 2.10. The fraction of sp³-hybridized carbons (Fsp3) is 0.357. The molecule has 0 unspecified atom stereocenters. The van der Waals surface area contributed by atoms with E-state index in [-0.39, 0.29) is 5.75 Å². The molecule has 5 nitrogen and oxygen atoms in total. The minimum Gasteiger partial charge on any atom is -0.497 e. The predicted molar refractivity (Wildman–Crippen MR) is 76.3 cm³/mol. The van der Waals surface area contributed by atoms with Crippen molar-refractivity contribution in [3.05, 3.63) is 36.5 Å². The first-order chi connectivity index (χ1) is 9.49. The Labute approximate surface area is 118 Å². The number of hydrogen-bond donors (Lipinski definition) is 1. The van der Waals surface area contributed by atoms with Crippen molar-refractivity contribution in [2.45, 2.75) is 19.4 Å². The third-order valence-electron chi connectivity index (χ3n) is 3.14. The standard InChI is InChI=1S/C14H17NO4S/c1-19-13-6-7-14-12(11-13)5-4-9-15(14)8-2-3-10-20(16,17)18/h4-7,9,11H,2-3,8,10H2,1H3/p+1. The Morgan fingerprint density at radius 3 is 2.75 bits per heavy atom. The number of nitrogens with zero attached hydrogens (tertiary/aromatic N) is 1. The van der Waals surface area contributed by atoms with Crippen molar-refractivity contribution in [1.82, 2.24) is 0 Å². The maximum atomic E-state index is 10.7. The monoisotopic (exact) mass is 296 g/mol. The summed E-state index contributed by atoms with van der Waals surface area (Å²) < 4.78 is 37.3. The van der Waals surface area contributed by atoms with E-state index in [0.29, 0.717) is 19.4 Å². The molecule has 0 amide bonds. The summed E-state index contributed by atoms with van der Waals surface area (Å²) in [4.78, 5) is 0. The van der Waals surface area contributed by atoms with Gasteiger partial charge in [0.25, 0.3) is 10.1 Å². The minimum absolute atomic E-state index is 0.188. The average Bonchev–Trinajstić information content (AvgIpc) is 2.42. The third-order valence-corrected chi connectivity index (χ3v) is 3.94. The first-order valence-corrected chi connectivity index (χ1v) is 8.02. The average molecular weight is 296 g/mol. The molecule has 1 N–H and O–H groups in total. The Hall–Kier alpha value is -1.66. The lowest BCUT2D eigenvalue weighted by molar-refractivity contribution is -0.671. The van der Waals surface area contributed by atoms with Gasteiger partial charge < -0.3 is 4.74 Å². The Kier molecular flexibility index (Phi) is 4.57. The van der Waals surface area contributed by atoms with E-state index in [9.17, 15) is 8.42 Å². The Bertz CT molecular complexity index is 697. The van der Waals surface area contributed by atoms with Crippen LogP contribution in [0.4, 0.5) is 0 Å². The molecule has 108 valence electrons. The fourth-order valence-electron chi connectivity index (χ4n) is 2.15. The SMILES string of the molecule is COc1ccc2c(ccc[n+]2CCCCS(=O)(=O)O)c1. The van der Waals surface area contributed by atoms with E-state index < -0.39 is 10.1 Å². The molecule has 1 heterocycles. The molecule has 0 fully saturated rings. The summed E-state index contributed by atoms with van der Waals surface area (Å²) in [5.41, 5.74) is 1.07. The van der Waals surface area contributed by atoms with Crippen molar-refractivity contribution in [2.75, 3.05) is 12.9 Å². The molecule has 0 radical (unpaired) electrons. The second-order valence-electron chi connectivity index (χ2n) is 4.62. The molecule has 0 bridgehead atoms. The smallest absolute Gasteiger partial charge is 0.264 e. The highest BCUT2D eigenvalue weighted by molar-refractivity contribution is 7.85. The number of methoxy groups -OCH3 is 1. The summed E-state index contributed by atoms with van der Waals surface area (Å²) in [7, 11) is -2.22. The van der Waals surface area contributed by atoms with E-state index in [1.54, 1.807) is 7.11 Å². The van der Waals surface area contributed by atoms with Crippen molar-refractivity contribution in [2.24, 2.45) is 0 Å². The second kappa shape index (κ2) is 6.19. The third kappa shape index (κ3) is 3.91. The van der Waals surface area contributed by atoms with Crippen LogP contribution in [-0.4, -0.2) is 25.8 Å². The number of unbranched alkanes of at least 4 members (excludes halogenated alkanes) is 1. The molecule has 20 heavy (non-hydrogen) atoms. The predicted octanol–water partition coefficient (Wildman–Crippen LogP) is 1.80. The number of hydrogen-bond acceptors (Lipinski definition) is 3. The fourth-order valence-corrected chi connectivity index (χ4v) is 2.72. The molecular formula is C14H18NO4S+. The van der Waals surface area contributed by atoms with Gasteiger partial charge in [-0.25, -0.2) is 0 Å². The molecule has 1 aromatic heterocycles. The van der Waals surface area contributed by atoms with Crippen LogP contribution >= 0.6 is 0 Å². The first kappa shape index (κ1) is 14.7. The van der Waals surface area contributed by atoms with E-state index in [2.05, 4.69) is 4.57 Å². The highest BCUT2D eigenvalue weighted by Crippen LogP contribution is 2.17. The molecule has 0 spiro atoms. The maximum Gasteiger partial charge on any atom is 0.264 e. The van der Waals surface area contributed by atoms with Gasteiger partial charge in [0.05, 0.1) is 18.2 Å². The number of pyridine rings is 1. The summed E-state index contributed by atoms with van der Waals surface area (Å²) in [5, 5.41) is 1.07. The quantitative estimate of drug-likeness (QED) is 0.501. The van der Waals surface area contributed by atoms with Crippen molar-refractivity contribution in [3.8, 4) is 5.75 Å². The molecule has 0 atom stereocenters. The van der Waals surface area contributed by atoms with Crippen molar-refractivity contribution < 1.29 is 22.3 Å². The largest absolute Gasteiger partial charge is 0.497 e. The zero-order valence-electron chi connectivity index (χ0n) is 11.3. The highest BCUT2D eigenvalue weighted by atomic mass is 32.2. The molecule has 0 saturated carbocycles. The van der Waals surface area contributed by atoms with E-state index >= 15 is 0 Å². The summed E-state index contributed by atoms with van der Waals surface area (Å²) in [6, 6.07) is 9.80. The summed E-state index contributed by atoms with van der Waals surface area (Å²) >= 11 is 0. The zero-order valence-corrected chi connectivity index (χ0v) is 12.1. The second-order valence-corrected chi connectivity index (χ2v) is 6.19. The van der Waals surface area contributed by atoms with Crippen molar-refractivity contribution >= 4 is 21.0 Å². The van der Waals surface area contributed by atoms with Crippen LogP contribution < -0.4 is 9.30 Å². The molecule has 0 aliphatic carbocycles. The number of fused-ring (bicyclic) bond motifs is 1. The summed E-state index contributed by atoms with van der Waals surface area (Å²) in [6.07, 6.45) is 3.09. The summed E-state index contributed by atoms with van der Waals surface area (Å²) in [5.74, 6) is 0.619. The van der Waals surface area contributed by atoms with Gasteiger partial charge in [-0.05, 0) is 24.6 Å². The van der Waals surface area contributed by atoms with Gasteiger partial charge in [0, 0.05) is 18.6 Å². The number of rotatable bonds is 6. The molecule has 2 aromatic rings. The maximum absolute atomic E-state index is 10.7. The van der Waals surface area contributed by atoms with E-state index in [0.717, 1.165) is 16.7 Å². The Morgan fingerprint density at radius 1 is 1.25 bits per heavy atom. The lowest BCUT2D eigenvalue weighted by atomic mass is 10.2. The van der Waals surface area contributed by atoms with Crippen LogP contribution in [0.1, 0.15) is 12.8 Å². The number of aryl methyl sites for hydroxylation is 1. The summed E-state index contributed by atoms with van der Waals surface area (Å²) in [6.45, 7) is 0.708. The van der Waals surface area contributed by atoms with Gasteiger partial charge in [-0.3, -0.25) is 4.55 Å². The molecule has 1 aromatic carbocycles. The van der Waals surface area contributed by atoms with Crippen LogP contribution in [0.3, 0.4) is 0 Å². The van der Waals surface area contributed by atoms with Crippen molar-refractivity contribution in [3.63, 3.8) is 0 Å². The molecule has 2 rings (SSSR count). The minimum atomic E-state index is -3.86. The van der Waals surface area contributed by atoms with Crippen LogP contribution in [0.15, 0.2) is 36.5 Å². The van der Waals surface area contributed by atoms with Gasteiger partial charge in [-0.2, -0.15) is 13.0 Å². The van der Waals surface area contributed by atoms with Gasteiger partial charge in [0.1, 0.15) is 12.3 Å². The number of aromatic nitrogens is 1. The van der Waals surface area contributed by atoms with Crippen molar-refractivity contribution in [1.29, 1.82) is 0 Å². The molecule has 6 heteroatoms. The lowest BCUT2D eigenvalue weighted by Gasteiger charge is -2.03. The van der Waals surface area contributed by atoms with E-state index in [1.165, 1.54) is 0 Å². The molecule has 0 aliphatic rings. The topological polar surface area (TPSA) is 67.5 Å². The van der Waals surface area contributed by atoms with E-state index in [1.807, 2.05) is 36.5 Å². The Morgan fingerprint density at radius 2 is 2.05 bits per heavy atom. The van der Waals surface area contributed by atoms with Gasteiger partial charge in [-0.1, -0.05) is 0 Å². The Balaban J connectivity index is 2.10. The molecule has 0 saturated heterocycles. The van der Waals surface area contributed by atoms with Crippen LogP contribution in [0, 0.1) is 0 Å². The number of ether oxygens (including phenoxy) is 1. The van der Waals surface area contributed by atoms with Crippen LogP contribution in [-0.2, 0) is 16.7 Å². The number of benzene rings is 1. The first-order valence-electron chi connectivity index (χ1n) is 6.41. The van der Waals surface area contributed by atoms with E-state index in [4.69, 9.17) is 9.29 Å². The van der Waals surface area contributed by atoms with Crippen LogP contribution in [0.2, 0.25) is 0 Å². The van der Waals surface area contributed by atoms with Crippen LogP contribution in [0.5, 0.6) is 5.75 Å². The lowest BCUT2D eigenvalue weighted by Crippen LogP contribution is -2.34. The van der Waals surface area contributed by atoms with Gasteiger partial charge in [-0.15, -0.1) is 0 Å². The van der Waals surface area contributed by atoms with Crippen LogP contribution in [0.25, 0.3) is 10.9 Å². The molecular weight excluding hydrogens is 278 g/mol. The van der Waals surface area contributed by atoms with Gasteiger partial charge in [0.2, 0.25) is 5.52 Å². The van der Waals surface area contributed by atoms with Gasteiger partial charge >= 0.3 is 0 Å². The normalized spacial score (nSPS) is 11.7. The van der Waals surface area contributed by atoms with Gasteiger partial charge in [0.15, 0.2) is 6.20 Å².